The van der Waals surface area contributed by atoms with E-state index in [2.05, 4.69) is 6.07 Å². The van der Waals surface area contributed by atoms with Crippen molar-refractivity contribution in [2.75, 3.05) is 24.7 Å². The Morgan fingerprint density at radius 1 is 1.21 bits per heavy atom. The fraction of sp³-hybridized carbons (Fsp3) is 0.286. The summed E-state index contributed by atoms with van der Waals surface area (Å²) < 4.78 is 14.7. The highest BCUT2D eigenvalue weighted by molar-refractivity contribution is 7.18. The number of benzene rings is 2. The predicted molar refractivity (Wildman–Crippen MR) is 105 cm³/mol. The van der Waals surface area contributed by atoms with Crippen LogP contribution in [0.5, 0.6) is 0 Å². The molecule has 2 aliphatic rings. The summed E-state index contributed by atoms with van der Waals surface area (Å²) in [6, 6.07) is 12.1. The van der Waals surface area contributed by atoms with Crippen molar-refractivity contribution >= 4 is 38.9 Å². The minimum atomic E-state index is -0.617. The molecule has 0 spiro atoms. The van der Waals surface area contributed by atoms with E-state index in [-0.39, 0.29) is 5.56 Å². The summed E-state index contributed by atoms with van der Waals surface area (Å²) in [7, 11) is 0. The van der Waals surface area contributed by atoms with E-state index >= 15 is 0 Å². The van der Waals surface area contributed by atoms with Crippen LogP contribution in [0.2, 0.25) is 0 Å². The monoisotopic (exact) mass is 396 g/mol. The largest absolute Gasteiger partial charge is 0.317 e. The number of halogens is 1. The van der Waals surface area contributed by atoms with Crippen molar-refractivity contribution in [2.45, 2.75) is 18.8 Å². The number of piperidine rings is 1. The first kappa shape index (κ1) is 17.5. The molecular formula is C21H19FN3O2S+. The van der Waals surface area contributed by atoms with Crippen molar-refractivity contribution in [3.8, 4) is 0 Å². The lowest BCUT2D eigenvalue weighted by atomic mass is 9.99. The van der Waals surface area contributed by atoms with Gasteiger partial charge in [0.05, 0.1) is 40.5 Å². The second kappa shape index (κ2) is 6.76. The minimum absolute atomic E-state index is 0.170. The van der Waals surface area contributed by atoms with Gasteiger partial charge >= 0.3 is 5.91 Å². The van der Waals surface area contributed by atoms with Gasteiger partial charge in [0.1, 0.15) is 10.8 Å². The van der Waals surface area contributed by atoms with Crippen LogP contribution in [0.3, 0.4) is 0 Å². The number of quaternary nitrogens is 1. The highest BCUT2D eigenvalue weighted by Gasteiger charge is 2.39. The van der Waals surface area contributed by atoms with Gasteiger partial charge in [-0.25, -0.2) is 9.37 Å². The molecule has 0 radical (unpaired) electrons. The number of Topliss-reactive ketones (excluding diaryl/α,β-unsaturated/α-hetero) is 1. The molecule has 3 heterocycles. The van der Waals surface area contributed by atoms with E-state index < -0.39 is 17.5 Å². The van der Waals surface area contributed by atoms with Gasteiger partial charge in [-0.05, 0) is 43.2 Å². The second-order valence-corrected chi connectivity index (χ2v) is 8.51. The molecule has 5 nitrogen and oxygen atoms in total. The molecule has 0 aliphatic carbocycles. The summed E-state index contributed by atoms with van der Waals surface area (Å²) in [5.74, 6) is -1.32. The van der Waals surface area contributed by atoms with E-state index in [0.29, 0.717) is 18.3 Å². The summed E-state index contributed by atoms with van der Waals surface area (Å²) in [5.41, 5.74) is 1.72. The Balaban J connectivity index is 1.36. The number of amides is 1. The molecule has 142 valence electrons. The lowest BCUT2D eigenvalue weighted by Crippen LogP contribution is -3.15. The molecule has 1 unspecified atom stereocenters. The summed E-state index contributed by atoms with van der Waals surface area (Å²) in [6.07, 6.45) is 2.13. The molecule has 1 amide bonds. The number of thiazole rings is 1. The lowest BCUT2D eigenvalue weighted by Gasteiger charge is -2.31. The molecule has 0 bridgehead atoms. The molecule has 1 aromatic heterocycles. The second-order valence-electron chi connectivity index (χ2n) is 7.44. The summed E-state index contributed by atoms with van der Waals surface area (Å²) in [5, 5.41) is 1.14. The van der Waals surface area contributed by atoms with Gasteiger partial charge in [-0.15, -0.1) is 11.3 Å². The van der Waals surface area contributed by atoms with Crippen LogP contribution >= 0.6 is 11.3 Å². The smallest absolute Gasteiger partial charge is 0.303 e. The van der Waals surface area contributed by atoms with Crippen LogP contribution < -0.4 is 9.80 Å². The van der Waals surface area contributed by atoms with Gasteiger partial charge in [0, 0.05) is 0 Å². The molecule has 0 saturated carbocycles. The topological polar surface area (TPSA) is 54.7 Å². The maximum atomic E-state index is 13.5. The molecule has 1 fully saturated rings. The normalized spacial score (nSPS) is 22.1. The Hall–Kier alpha value is -2.64. The third-order valence-electron chi connectivity index (χ3n) is 5.59. The van der Waals surface area contributed by atoms with E-state index in [0.717, 1.165) is 42.5 Å². The highest BCUT2D eigenvalue weighted by atomic mass is 32.1. The van der Waals surface area contributed by atoms with E-state index in [1.165, 1.54) is 26.6 Å². The third kappa shape index (κ3) is 2.91. The van der Waals surface area contributed by atoms with Crippen molar-refractivity contribution < 1.29 is 18.9 Å². The first-order valence-corrected chi connectivity index (χ1v) is 10.3. The number of carbonyl (C=O) groups excluding carboxylic acids is 2. The first-order chi connectivity index (χ1) is 13.6. The molecule has 2 aromatic carbocycles. The van der Waals surface area contributed by atoms with Crippen molar-refractivity contribution in [1.82, 2.24) is 4.98 Å². The van der Waals surface area contributed by atoms with E-state index in [4.69, 9.17) is 4.98 Å². The van der Waals surface area contributed by atoms with Crippen LogP contribution in [-0.4, -0.2) is 36.4 Å². The number of likely N-dealkylation sites (tertiary alicyclic amines) is 1. The molecule has 5 rings (SSSR count). The van der Waals surface area contributed by atoms with Gasteiger partial charge in [-0.1, -0.05) is 12.1 Å². The number of hydrogen-bond donors (Lipinski definition) is 1. The summed E-state index contributed by atoms with van der Waals surface area (Å²) in [4.78, 5) is 32.2. The number of rotatable bonds is 3. The fourth-order valence-corrected chi connectivity index (χ4v) is 5.33. The quantitative estimate of drug-likeness (QED) is 0.692. The fourth-order valence-electron chi connectivity index (χ4n) is 4.22. The maximum Gasteiger partial charge on any atom is 0.303 e. The first-order valence-electron chi connectivity index (χ1n) is 9.45. The minimum Gasteiger partial charge on any atom is -0.317 e. The molecule has 3 aromatic rings. The molecule has 2 atom stereocenters. The van der Waals surface area contributed by atoms with Crippen LogP contribution in [0.15, 0.2) is 42.5 Å². The van der Waals surface area contributed by atoms with Gasteiger partial charge < -0.3 is 4.90 Å². The Morgan fingerprint density at radius 2 is 2.07 bits per heavy atom. The number of aromatic nitrogens is 1. The van der Waals surface area contributed by atoms with Gasteiger partial charge in [0.25, 0.3) is 5.78 Å². The molecule has 28 heavy (non-hydrogen) atoms. The Bertz CT molecular complexity index is 1060. The summed E-state index contributed by atoms with van der Waals surface area (Å²) >= 11 is 1.74. The molecule has 1 N–H and O–H groups in total. The number of fused-ring (bicyclic) bond motifs is 2. The number of hydrogen-bond acceptors (Lipinski definition) is 4. The van der Waals surface area contributed by atoms with Gasteiger partial charge in [-0.2, -0.15) is 0 Å². The van der Waals surface area contributed by atoms with Gasteiger partial charge in [0.2, 0.25) is 0 Å². The molecular weight excluding hydrogens is 377 g/mol. The number of nitrogens with zero attached hydrogens (tertiary/aromatic N) is 2. The zero-order valence-electron chi connectivity index (χ0n) is 15.2. The van der Waals surface area contributed by atoms with Crippen molar-refractivity contribution in [3.63, 3.8) is 0 Å². The van der Waals surface area contributed by atoms with Crippen molar-refractivity contribution in [1.29, 1.82) is 0 Å². The summed E-state index contributed by atoms with van der Waals surface area (Å²) in [6.45, 7) is 2.23. The number of ketones is 1. The van der Waals surface area contributed by atoms with Crippen molar-refractivity contribution in [2.24, 2.45) is 0 Å². The van der Waals surface area contributed by atoms with Crippen molar-refractivity contribution in [3.05, 3.63) is 58.9 Å². The molecule has 1 saturated heterocycles. The van der Waals surface area contributed by atoms with E-state index in [9.17, 15) is 14.0 Å². The average Bonchev–Trinajstić information content (AvgIpc) is 3.24. The Morgan fingerprint density at radius 3 is 2.93 bits per heavy atom. The lowest BCUT2D eigenvalue weighted by molar-refractivity contribution is -0.905. The zero-order chi connectivity index (χ0) is 19.3. The zero-order valence-corrected chi connectivity index (χ0v) is 16.0. The average molecular weight is 396 g/mol. The van der Waals surface area contributed by atoms with Crippen LogP contribution in [-0.2, 0) is 4.79 Å². The molecule has 7 heteroatoms. The number of para-hydroxylation sites is 1. The van der Waals surface area contributed by atoms with E-state index in [1.807, 2.05) is 18.2 Å². The maximum absolute atomic E-state index is 13.5. The van der Waals surface area contributed by atoms with Crippen LogP contribution in [0.4, 0.5) is 10.1 Å². The third-order valence-corrected chi connectivity index (χ3v) is 6.79. The SMILES string of the molecule is O=C1C(=O)N(C[NH+]2CCC[C@@H](c3nc4ccccc4s3)C2)c2ccc(F)cc21. The van der Waals surface area contributed by atoms with Gasteiger partial charge in [-0.3, -0.25) is 14.5 Å². The van der Waals surface area contributed by atoms with Crippen LogP contribution in [0, 0.1) is 5.82 Å². The van der Waals surface area contributed by atoms with Crippen LogP contribution in [0.25, 0.3) is 10.2 Å². The van der Waals surface area contributed by atoms with Gasteiger partial charge in [0.15, 0.2) is 6.67 Å². The predicted octanol–water partition coefficient (Wildman–Crippen LogP) is 2.38. The van der Waals surface area contributed by atoms with Crippen LogP contribution in [0.1, 0.15) is 34.1 Å². The number of nitrogens with one attached hydrogen (secondary N) is 1. The Kier molecular flexibility index (Phi) is 4.21. The standard InChI is InChI=1S/C21H18FN3O2S/c22-14-7-8-17-15(10-14)19(26)21(27)25(17)12-24-9-3-4-13(11-24)20-23-16-5-1-2-6-18(16)28-20/h1-2,5-8,10,13H,3-4,9,11-12H2/p+1/t13-/m1/s1. The number of anilines is 1. The molecule has 2 aliphatic heterocycles. The van der Waals surface area contributed by atoms with E-state index in [1.54, 1.807) is 11.3 Å². The Labute approximate surface area is 165 Å². The number of carbonyl (C=O) groups is 2. The highest BCUT2D eigenvalue weighted by Crippen LogP contribution is 2.31.